The summed E-state index contributed by atoms with van der Waals surface area (Å²) in [7, 11) is 1.71. The number of rotatable bonds is 6. The van der Waals surface area contributed by atoms with Crippen molar-refractivity contribution >= 4 is 11.7 Å². The Morgan fingerprint density at radius 1 is 1.50 bits per heavy atom. The molecule has 0 spiro atoms. The molecular formula is C8H16N2O2. The molecule has 0 aliphatic carbocycles. The Balaban J connectivity index is 3.83. The van der Waals surface area contributed by atoms with Gasteiger partial charge in [-0.05, 0) is 13.5 Å². The molecule has 1 amide bonds. The highest BCUT2D eigenvalue weighted by Gasteiger charge is 2.14. The number of carbonyl (C=O) groups is 2. The second-order valence-electron chi connectivity index (χ2n) is 2.67. The third-order valence-electron chi connectivity index (χ3n) is 1.76. The standard InChI is InChI=1S/C8H16N2O2/c1-3-7(11)6(10-2)4-5-8(9)12/h6,10H,3-5H2,1-2H3,(H2,9,12). The molecule has 3 N–H and O–H groups in total. The number of Topliss-reactive ketones (excluding diaryl/α,β-unsaturated/α-hetero) is 1. The summed E-state index contributed by atoms with van der Waals surface area (Å²) in [6, 6.07) is -0.220. The number of nitrogens with two attached hydrogens (primary N) is 1. The molecule has 0 aliphatic heterocycles. The lowest BCUT2D eigenvalue weighted by atomic mass is 10.1. The van der Waals surface area contributed by atoms with E-state index in [-0.39, 0.29) is 24.2 Å². The van der Waals surface area contributed by atoms with E-state index in [9.17, 15) is 9.59 Å². The van der Waals surface area contributed by atoms with Crippen molar-refractivity contribution in [2.24, 2.45) is 5.73 Å². The van der Waals surface area contributed by atoms with Crippen LogP contribution in [0, 0.1) is 0 Å². The molecule has 0 fully saturated rings. The van der Waals surface area contributed by atoms with Crippen molar-refractivity contribution in [2.75, 3.05) is 7.05 Å². The Labute approximate surface area is 72.5 Å². The van der Waals surface area contributed by atoms with Crippen LogP contribution in [0.1, 0.15) is 26.2 Å². The van der Waals surface area contributed by atoms with E-state index in [1.54, 1.807) is 14.0 Å². The lowest BCUT2D eigenvalue weighted by molar-refractivity contribution is -0.121. The van der Waals surface area contributed by atoms with Gasteiger partial charge in [-0.1, -0.05) is 6.92 Å². The van der Waals surface area contributed by atoms with Crippen LogP contribution in [0.15, 0.2) is 0 Å². The molecule has 0 rings (SSSR count). The molecule has 0 radical (unpaired) electrons. The number of primary amides is 1. The molecule has 1 atom stereocenters. The van der Waals surface area contributed by atoms with Crippen molar-refractivity contribution < 1.29 is 9.59 Å². The SMILES string of the molecule is CCC(=O)C(CCC(N)=O)NC. The van der Waals surface area contributed by atoms with Gasteiger partial charge in [0.1, 0.15) is 5.78 Å². The van der Waals surface area contributed by atoms with Crippen LogP contribution < -0.4 is 11.1 Å². The second kappa shape index (κ2) is 5.71. The molecule has 4 nitrogen and oxygen atoms in total. The van der Waals surface area contributed by atoms with E-state index in [2.05, 4.69) is 5.32 Å². The predicted molar refractivity (Wildman–Crippen MR) is 46.6 cm³/mol. The number of amides is 1. The van der Waals surface area contributed by atoms with Gasteiger partial charge in [0.15, 0.2) is 0 Å². The van der Waals surface area contributed by atoms with E-state index in [1.807, 2.05) is 0 Å². The fourth-order valence-corrected chi connectivity index (χ4v) is 0.999. The molecule has 0 aromatic rings. The van der Waals surface area contributed by atoms with Crippen molar-refractivity contribution in [3.05, 3.63) is 0 Å². The summed E-state index contributed by atoms with van der Waals surface area (Å²) in [5, 5.41) is 2.85. The zero-order valence-electron chi connectivity index (χ0n) is 7.59. The van der Waals surface area contributed by atoms with E-state index in [4.69, 9.17) is 5.73 Å². The molecule has 0 aromatic heterocycles. The van der Waals surface area contributed by atoms with Gasteiger partial charge in [0, 0.05) is 12.8 Å². The van der Waals surface area contributed by atoms with Gasteiger partial charge in [-0.3, -0.25) is 9.59 Å². The molecule has 70 valence electrons. The summed E-state index contributed by atoms with van der Waals surface area (Å²) in [6.45, 7) is 1.80. The second-order valence-corrected chi connectivity index (χ2v) is 2.67. The third kappa shape index (κ3) is 4.08. The number of nitrogens with one attached hydrogen (secondary N) is 1. The van der Waals surface area contributed by atoms with E-state index in [0.717, 1.165) is 0 Å². The maximum absolute atomic E-state index is 11.1. The summed E-state index contributed by atoms with van der Waals surface area (Å²) in [5.74, 6) is -0.238. The van der Waals surface area contributed by atoms with Crippen molar-refractivity contribution in [2.45, 2.75) is 32.2 Å². The van der Waals surface area contributed by atoms with Crippen LogP contribution in [0.5, 0.6) is 0 Å². The van der Waals surface area contributed by atoms with Gasteiger partial charge in [0.25, 0.3) is 0 Å². The molecule has 4 heteroatoms. The van der Waals surface area contributed by atoms with Gasteiger partial charge in [0.2, 0.25) is 5.91 Å². The third-order valence-corrected chi connectivity index (χ3v) is 1.76. The smallest absolute Gasteiger partial charge is 0.217 e. The first kappa shape index (κ1) is 11.1. The maximum Gasteiger partial charge on any atom is 0.217 e. The first-order valence-corrected chi connectivity index (χ1v) is 4.10. The Morgan fingerprint density at radius 2 is 2.08 bits per heavy atom. The lowest BCUT2D eigenvalue weighted by Crippen LogP contribution is -2.34. The zero-order chi connectivity index (χ0) is 9.56. The molecule has 0 aliphatic rings. The first-order valence-electron chi connectivity index (χ1n) is 4.10. The summed E-state index contributed by atoms with van der Waals surface area (Å²) >= 11 is 0. The van der Waals surface area contributed by atoms with Crippen molar-refractivity contribution in [1.82, 2.24) is 5.32 Å². The normalized spacial score (nSPS) is 12.5. The Kier molecular flexibility index (Phi) is 5.28. The maximum atomic E-state index is 11.1. The van der Waals surface area contributed by atoms with Crippen LogP contribution in [-0.2, 0) is 9.59 Å². The molecule has 0 saturated carbocycles. The minimum absolute atomic E-state index is 0.124. The summed E-state index contributed by atoms with van der Waals surface area (Å²) < 4.78 is 0. The fraction of sp³-hybridized carbons (Fsp3) is 0.750. The average Bonchev–Trinajstić information content (AvgIpc) is 2.04. The van der Waals surface area contributed by atoms with Crippen molar-refractivity contribution in [3.63, 3.8) is 0 Å². The number of ketones is 1. The van der Waals surface area contributed by atoms with Crippen molar-refractivity contribution in [1.29, 1.82) is 0 Å². The lowest BCUT2D eigenvalue weighted by Gasteiger charge is -2.12. The van der Waals surface area contributed by atoms with Crippen LogP contribution in [0.4, 0.5) is 0 Å². The molecule has 1 unspecified atom stereocenters. The van der Waals surface area contributed by atoms with Crippen LogP contribution >= 0.6 is 0 Å². The van der Waals surface area contributed by atoms with Crippen LogP contribution in [0.3, 0.4) is 0 Å². The highest BCUT2D eigenvalue weighted by Crippen LogP contribution is 1.99. The monoisotopic (exact) mass is 172 g/mol. The van der Waals surface area contributed by atoms with Gasteiger partial charge in [-0.25, -0.2) is 0 Å². The van der Waals surface area contributed by atoms with Crippen LogP contribution in [-0.4, -0.2) is 24.8 Å². The molecule has 12 heavy (non-hydrogen) atoms. The Bertz CT molecular complexity index is 168. The van der Waals surface area contributed by atoms with Gasteiger partial charge in [0.05, 0.1) is 6.04 Å². The fourth-order valence-electron chi connectivity index (χ4n) is 0.999. The number of hydrogen-bond acceptors (Lipinski definition) is 3. The van der Waals surface area contributed by atoms with E-state index < -0.39 is 0 Å². The van der Waals surface area contributed by atoms with Gasteiger partial charge >= 0.3 is 0 Å². The van der Waals surface area contributed by atoms with Crippen LogP contribution in [0.25, 0.3) is 0 Å². The van der Waals surface area contributed by atoms with Crippen molar-refractivity contribution in [3.8, 4) is 0 Å². The molecular weight excluding hydrogens is 156 g/mol. The molecule has 0 aromatic carbocycles. The van der Waals surface area contributed by atoms with Gasteiger partial charge in [-0.15, -0.1) is 0 Å². The zero-order valence-corrected chi connectivity index (χ0v) is 7.59. The number of carbonyl (C=O) groups excluding carboxylic acids is 2. The first-order chi connectivity index (χ1) is 5.61. The summed E-state index contributed by atoms with van der Waals surface area (Å²) in [4.78, 5) is 21.6. The quantitative estimate of drug-likeness (QED) is 0.583. The highest BCUT2D eigenvalue weighted by molar-refractivity contribution is 5.84. The minimum atomic E-state index is -0.362. The highest BCUT2D eigenvalue weighted by atomic mass is 16.1. The van der Waals surface area contributed by atoms with Crippen LogP contribution in [0.2, 0.25) is 0 Å². The average molecular weight is 172 g/mol. The van der Waals surface area contributed by atoms with E-state index in [0.29, 0.717) is 12.8 Å². The number of likely N-dealkylation sites (N-methyl/N-ethyl adjacent to an activating group) is 1. The van der Waals surface area contributed by atoms with E-state index >= 15 is 0 Å². The van der Waals surface area contributed by atoms with Gasteiger partial charge in [-0.2, -0.15) is 0 Å². The van der Waals surface area contributed by atoms with E-state index in [1.165, 1.54) is 0 Å². The topological polar surface area (TPSA) is 72.2 Å². The largest absolute Gasteiger partial charge is 0.370 e. The molecule has 0 bridgehead atoms. The minimum Gasteiger partial charge on any atom is -0.370 e. The van der Waals surface area contributed by atoms with Gasteiger partial charge < -0.3 is 11.1 Å². The Hall–Kier alpha value is -0.900. The number of hydrogen-bond donors (Lipinski definition) is 2. The molecule has 0 saturated heterocycles. The predicted octanol–water partition coefficient (Wildman–Crippen LogP) is -0.181. The Morgan fingerprint density at radius 3 is 2.42 bits per heavy atom. The summed E-state index contributed by atoms with van der Waals surface area (Å²) in [6.07, 6.45) is 1.25. The summed E-state index contributed by atoms with van der Waals surface area (Å²) in [5.41, 5.74) is 4.96. The molecule has 0 heterocycles.